The number of thiophene rings is 1. The SMILES string of the molecule is Cc1cc(-c2cc(C(=O)N3CCCN(C(=O)OCC(C)C)CC3)c3cnn(C(C)C)c3n2)c(C)s1. The Labute approximate surface area is 210 Å². The second kappa shape index (κ2) is 10.4. The molecule has 8 nitrogen and oxygen atoms in total. The summed E-state index contributed by atoms with van der Waals surface area (Å²) in [5.74, 6) is 0.235. The maximum Gasteiger partial charge on any atom is 0.409 e. The van der Waals surface area contributed by atoms with E-state index in [1.807, 2.05) is 29.5 Å². The highest BCUT2D eigenvalue weighted by Gasteiger charge is 2.27. The Hall–Kier alpha value is -2.94. The van der Waals surface area contributed by atoms with E-state index in [4.69, 9.17) is 9.72 Å². The van der Waals surface area contributed by atoms with Gasteiger partial charge in [0.25, 0.3) is 5.91 Å². The standard InChI is InChI=1S/C26H35N5O3S/c1-16(2)15-34-26(33)30-9-7-8-29(10-11-30)25(32)21-13-23(20-12-18(5)35-19(20)6)28-24-22(21)14-27-31(24)17(3)4/h12-14,16-17H,7-11,15H2,1-6H3. The van der Waals surface area contributed by atoms with Crippen molar-refractivity contribution < 1.29 is 14.3 Å². The van der Waals surface area contributed by atoms with Crippen LogP contribution in [0.4, 0.5) is 4.79 Å². The van der Waals surface area contributed by atoms with Gasteiger partial charge in [-0.2, -0.15) is 5.10 Å². The Balaban J connectivity index is 1.65. The van der Waals surface area contributed by atoms with E-state index >= 15 is 0 Å². The molecule has 1 saturated heterocycles. The van der Waals surface area contributed by atoms with Crippen molar-refractivity contribution in [3.63, 3.8) is 0 Å². The van der Waals surface area contributed by atoms with Crippen LogP contribution in [0.3, 0.4) is 0 Å². The first kappa shape index (κ1) is 25.2. The average molecular weight is 498 g/mol. The summed E-state index contributed by atoms with van der Waals surface area (Å²) in [5, 5.41) is 5.31. The summed E-state index contributed by atoms with van der Waals surface area (Å²) in [6.45, 7) is 14.8. The normalized spacial score (nSPS) is 14.7. The van der Waals surface area contributed by atoms with Gasteiger partial charge in [0.2, 0.25) is 0 Å². The molecule has 9 heteroatoms. The smallest absolute Gasteiger partial charge is 0.409 e. The molecule has 0 radical (unpaired) electrons. The Kier molecular flexibility index (Phi) is 7.44. The minimum atomic E-state index is -0.303. The van der Waals surface area contributed by atoms with E-state index in [0.29, 0.717) is 44.8 Å². The average Bonchev–Trinajstić information content (AvgIpc) is 3.29. The zero-order valence-corrected chi connectivity index (χ0v) is 22.3. The number of fused-ring (bicyclic) bond motifs is 1. The van der Waals surface area contributed by atoms with Crippen LogP contribution < -0.4 is 0 Å². The molecule has 0 atom stereocenters. The number of amides is 2. The summed E-state index contributed by atoms with van der Waals surface area (Å²) in [5.41, 5.74) is 3.17. The molecule has 3 aromatic rings. The third-order valence-corrected chi connectivity index (χ3v) is 7.15. The number of aromatic nitrogens is 3. The lowest BCUT2D eigenvalue weighted by molar-refractivity contribution is 0.0748. The second-order valence-corrected chi connectivity index (χ2v) is 11.4. The lowest BCUT2D eigenvalue weighted by Gasteiger charge is -2.22. The third-order valence-electron chi connectivity index (χ3n) is 6.18. The quantitative estimate of drug-likeness (QED) is 0.478. The molecule has 1 aliphatic rings. The predicted molar refractivity (Wildman–Crippen MR) is 139 cm³/mol. The van der Waals surface area contributed by atoms with Gasteiger partial charge in [-0.05, 0) is 52.2 Å². The molecule has 0 unspecified atom stereocenters. The first-order valence-electron chi connectivity index (χ1n) is 12.3. The Morgan fingerprint density at radius 3 is 2.43 bits per heavy atom. The number of carbonyl (C=O) groups excluding carboxylic acids is 2. The van der Waals surface area contributed by atoms with E-state index in [-0.39, 0.29) is 24.0 Å². The number of rotatable bonds is 5. The van der Waals surface area contributed by atoms with E-state index in [1.165, 1.54) is 9.75 Å². The van der Waals surface area contributed by atoms with Crippen molar-refractivity contribution in [2.45, 2.75) is 54.0 Å². The van der Waals surface area contributed by atoms with Gasteiger partial charge in [0, 0.05) is 47.5 Å². The molecule has 1 aliphatic heterocycles. The molecule has 1 fully saturated rings. The molecule has 0 saturated carbocycles. The highest BCUT2D eigenvalue weighted by atomic mass is 32.1. The molecule has 3 aromatic heterocycles. The predicted octanol–water partition coefficient (Wildman–Crippen LogP) is 5.30. The lowest BCUT2D eigenvalue weighted by atomic mass is 10.1. The molecule has 4 rings (SSSR count). The Morgan fingerprint density at radius 2 is 1.77 bits per heavy atom. The maximum absolute atomic E-state index is 13.8. The van der Waals surface area contributed by atoms with Crippen molar-refractivity contribution in [1.29, 1.82) is 0 Å². The molecule has 4 heterocycles. The zero-order chi connectivity index (χ0) is 25.3. The third kappa shape index (κ3) is 5.34. The van der Waals surface area contributed by atoms with Gasteiger partial charge in [0.1, 0.15) is 0 Å². The fourth-order valence-electron chi connectivity index (χ4n) is 4.40. The Bertz CT molecular complexity index is 1230. The summed E-state index contributed by atoms with van der Waals surface area (Å²) in [4.78, 5) is 37.2. The highest BCUT2D eigenvalue weighted by Crippen LogP contribution is 2.33. The number of pyridine rings is 1. The topological polar surface area (TPSA) is 80.6 Å². The van der Waals surface area contributed by atoms with Gasteiger partial charge >= 0.3 is 6.09 Å². The van der Waals surface area contributed by atoms with Crippen molar-refractivity contribution in [3.05, 3.63) is 33.6 Å². The molecular weight excluding hydrogens is 462 g/mol. The van der Waals surface area contributed by atoms with Gasteiger partial charge in [-0.25, -0.2) is 14.5 Å². The van der Waals surface area contributed by atoms with Crippen LogP contribution in [-0.4, -0.2) is 69.4 Å². The first-order valence-corrected chi connectivity index (χ1v) is 13.1. The van der Waals surface area contributed by atoms with Crippen molar-refractivity contribution in [3.8, 4) is 11.3 Å². The molecule has 0 spiro atoms. The molecule has 0 aromatic carbocycles. The number of carbonyl (C=O) groups is 2. The molecule has 0 N–H and O–H groups in total. The lowest BCUT2D eigenvalue weighted by Crippen LogP contribution is -2.38. The van der Waals surface area contributed by atoms with Gasteiger partial charge in [-0.3, -0.25) is 4.79 Å². The van der Waals surface area contributed by atoms with Crippen LogP contribution in [0.5, 0.6) is 0 Å². The number of hydrogen-bond acceptors (Lipinski definition) is 6. The van der Waals surface area contributed by atoms with Gasteiger partial charge in [0.15, 0.2) is 5.65 Å². The van der Waals surface area contributed by atoms with E-state index in [2.05, 4.69) is 38.9 Å². The number of nitrogens with zero attached hydrogens (tertiary/aromatic N) is 5. The minimum Gasteiger partial charge on any atom is -0.449 e. The Morgan fingerprint density at radius 1 is 1.06 bits per heavy atom. The maximum atomic E-state index is 13.8. The van der Waals surface area contributed by atoms with Gasteiger partial charge in [-0.1, -0.05) is 13.8 Å². The van der Waals surface area contributed by atoms with Gasteiger partial charge in [0.05, 0.1) is 29.4 Å². The molecule has 2 amide bonds. The molecule has 188 valence electrons. The van der Waals surface area contributed by atoms with E-state index in [0.717, 1.165) is 22.3 Å². The fraction of sp³-hybridized carbons (Fsp3) is 0.538. The monoisotopic (exact) mass is 497 g/mol. The van der Waals surface area contributed by atoms with E-state index < -0.39 is 0 Å². The number of ether oxygens (including phenoxy) is 1. The van der Waals surface area contributed by atoms with Gasteiger partial charge < -0.3 is 14.5 Å². The zero-order valence-electron chi connectivity index (χ0n) is 21.5. The highest BCUT2D eigenvalue weighted by molar-refractivity contribution is 7.12. The second-order valence-electron chi connectivity index (χ2n) is 9.91. The largest absolute Gasteiger partial charge is 0.449 e. The van der Waals surface area contributed by atoms with Crippen molar-refractivity contribution in [2.24, 2.45) is 5.92 Å². The summed E-state index contributed by atoms with van der Waals surface area (Å²) in [6.07, 6.45) is 2.15. The van der Waals surface area contributed by atoms with Gasteiger partial charge in [-0.15, -0.1) is 11.3 Å². The fourth-order valence-corrected chi connectivity index (χ4v) is 5.33. The van der Waals surface area contributed by atoms with Crippen LogP contribution in [-0.2, 0) is 4.74 Å². The van der Waals surface area contributed by atoms with Crippen molar-refractivity contribution in [2.75, 3.05) is 32.8 Å². The molecule has 0 bridgehead atoms. The summed E-state index contributed by atoms with van der Waals surface area (Å²) >= 11 is 1.73. The van der Waals surface area contributed by atoms with Crippen LogP contribution in [0.25, 0.3) is 22.3 Å². The van der Waals surface area contributed by atoms with Crippen molar-refractivity contribution in [1.82, 2.24) is 24.6 Å². The summed E-state index contributed by atoms with van der Waals surface area (Å²) < 4.78 is 7.28. The summed E-state index contributed by atoms with van der Waals surface area (Å²) in [6, 6.07) is 4.16. The first-order chi connectivity index (χ1) is 16.7. The van der Waals surface area contributed by atoms with Crippen LogP contribution >= 0.6 is 11.3 Å². The molecule has 35 heavy (non-hydrogen) atoms. The number of aryl methyl sites for hydroxylation is 2. The van der Waals surface area contributed by atoms with Crippen LogP contribution in [0.15, 0.2) is 18.3 Å². The van der Waals surface area contributed by atoms with E-state index in [9.17, 15) is 9.59 Å². The van der Waals surface area contributed by atoms with Crippen molar-refractivity contribution >= 4 is 34.4 Å². The van der Waals surface area contributed by atoms with E-state index in [1.54, 1.807) is 22.4 Å². The molecular formula is C26H35N5O3S. The minimum absolute atomic E-state index is 0.0519. The molecule has 0 aliphatic carbocycles. The number of hydrogen-bond donors (Lipinski definition) is 0. The van der Waals surface area contributed by atoms with Crippen LogP contribution in [0.2, 0.25) is 0 Å². The summed E-state index contributed by atoms with van der Waals surface area (Å²) in [7, 11) is 0. The van der Waals surface area contributed by atoms with Crippen LogP contribution in [0.1, 0.15) is 60.3 Å². The van der Waals surface area contributed by atoms with Crippen LogP contribution in [0, 0.1) is 19.8 Å².